The molecule has 0 unspecified atom stereocenters. The number of hydrogen-bond donors (Lipinski definition) is 1. The van der Waals surface area contributed by atoms with Crippen LogP contribution in [0, 0.1) is 6.92 Å². The van der Waals surface area contributed by atoms with Crippen molar-refractivity contribution in [2.24, 2.45) is 0 Å². The lowest BCUT2D eigenvalue weighted by atomic mass is 10.2. The van der Waals surface area contributed by atoms with Crippen molar-refractivity contribution in [2.75, 3.05) is 30.3 Å². The average Bonchev–Trinajstić information content (AvgIpc) is 2.67. The Morgan fingerprint density at radius 1 is 1.19 bits per heavy atom. The first-order valence-corrected chi connectivity index (χ1v) is 10.5. The molecule has 0 spiro atoms. The summed E-state index contributed by atoms with van der Waals surface area (Å²) < 4.78 is 30.5. The van der Waals surface area contributed by atoms with Gasteiger partial charge >= 0.3 is 0 Å². The fraction of sp³-hybridized carbons (Fsp3) is 0.316. The molecule has 2 rings (SSSR count). The predicted molar refractivity (Wildman–Crippen MR) is 108 cm³/mol. The maximum atomic E-state index is 12.2. The minimum atomic E-state index is -3.33. The fourth-order valence-corrected chi connectivity index (χ4v) is 3.28. The Labute approximate surface area is 165 Å². The summed E-state index contributed by atoms with van der Waals surface area (Å²) >= 11 is 6.04. The van der Waals surface area contributed by atoms with Gasteiger partial charge < -0.3 is 10.1 Å². The van der Waals surface area contributed by atoms with Gasteiger partial charge in [-0.05, 0) is 55.8 Å². The number of carbonyl (C=O) groups is 1. The zero-order valence-electron chi connectivity index (χ0n) is 15.5. The van der Waals surface area contributed by atoms with Crippen LogP contribution in [0.5, 0.6) is 5.75 Å². The van der Waals surface area contributed by atoms with Crippen LogP contribution >= 0.6 is 11.6 Å². The van der Waals surface area contributed by atoms with Gasteiger partial charge in [-0.25, -0.2) is 8.42 Å². The molecule has 2 aromatic rings. The molecule has 6 nitrogen and oxygen atoms in total. The van der Waals surface area contributed by atoms with E-state index in [1.54, 1.807) is 37.3 Å². The zero-order chi connectivity index (χ0) is 20.0. The molecule has 0 atom stereocenters. The van der Waals surface area contributed by atoms with E-state index < -0.39 is 10.0 Å². The third-order valence-corrected chi connectivity index (χ3v) is 6.26. The van der Waals surface area contributed by atoms with E-state index in [4.69, 9.17) is 16.3 Å². The first-order chi connectivity index (χ1) is 12.7. The van der Waals surface area contributed by atoms with E-state index in [0.29, 0.717) is 35.2 Å². The van der Waals surface area contributed by atoms with Crippen LogP contribution in [-0.2, 0) is 10.0 Å². The number of nitrogens with zero attached hydrogens (tertiary/aromatic N) is 1. The van der Waals surface area contributed by atoms with Crippen molar-refractivity contribution in [2.45, 2.75) is 13.8 Å². The number of ether oxygens (including phenoxy) is 1. The SMILES string of the molecule is CCS(=O)(=O)N(C)c1ccc(C(=O)NCCOc2ccc(C)c(Cl)c2)cc1. The summed E-state index contributed by atoms with van der Waals surface area (Å²) in [5.74, 6) is 0.398. The molecule has 146 valence electrons. The number of halogens is 1. The molecule has 0 aliphatic carbocycles. The summed E-state index contributed by atoms with van der Waals surface area (Å²) in [7, 11) is -1.84. The van der Waals surface area contributed by atoms with Gasteiger partial charge in [0.05, 0.1) is 18.0 Å². The predicted octanol–water partition coefficient (Wildman–Crippen LogP) is 3.24. The monoisotopic (exact) mass is 410 g/mol. The molecule has 0 bridgehead atoms. The van der Waals surface area contributed by atoms with Crippen molar-refractivity contribution in [1.29, 1.82) is 0 Å². The molecular formula is C19H23ClN2O4S. The van der Waals surface area contributed by atoms with Gasteiger partial charge in [0, 0.05) is 17.6 Å². The first-order valence-electron chi connectivity index (χ1n) is 8.48. The molecule has 0 fully saturated rings. The van der Waals surface area contributed by atoms with E-state index in [1.165, 1.54) is 11.4 Å². The van der Waals surface area contributed by atoms with E-state index in [-0.39, 0.29) is 11.7 Å². The number of aryl methyl sites for hydroxylation is 1. The highest BCUT2D eigenvalue weighted by Gasteiger charge is 2.16. The quantitative estimate of drug-likeness (QED) is 0.678. The van der Waals surface area contributed by atoms with Crippen LogP contribution < -0.4 is 14.4 Å². The summed E-state index contributed by atoms with van der Waals surface area (Å²) in [6.45, 7) is 4.13. The average molecular weight is 411 g/mol. The van der Waals surface area contributed by atoms with E-state index in [9.17, 15) is 13.2 Å². The summed E-state index contributed by atoms with van der Waals surface area (Å²) in [4.78, 5) is 12.2. The Kier molecular flexibility index (Phi) is 7.10. The van der Waals surface area contributed by atoms with Crippen LogP contribution in [0.3, 0.4) is 0 Å². The normalized spacial score (nSPS) is 11.1. The van der Waals surface area contributed by atoms with Gasteiger partial charge in [0.2, 0.25) is 10.0 Å². The van der Waals surface area contributed by atoms with E-state index in [1.807, 2.05) is 19.1 Å². The standard InChI is InChI=1S/C19H23ClN2O4S/c1-4-27(24,25)22(3)16-8-6-15(7-9-16)19(23)21-11-12-26-17-10-5-14(2)18(20)13-17/h5-10,13H,4,11-12H2,1-3H3,(H,21,23). The summed E-state index contributed by atoms with van der Waals surface area (Å²) in [6, 6.07) is 11.8. The number of hydrogen-bond acceptors (Lipinski definition) is 4. The van der Waals surface area contributed by atoms with Crippen molar-refractivity contribution in [3.05, 3.63) is 58.6 Å². The number of benzene rings is 2. The summed E-state index contributed by atoms with van der Waals surface area (Å²) in [6.07, 6.45) is 0. The number of sulfonamides is 1. The van der Waals surface area contributed by atoms with Gasteiger partial charge in [0.15, 0.2) is 0 Å². The highest BCUT2D eigenvalue weighted by Crippen LogP contribution is 2.21. The first kappa shape index (κ1) is 21.1. The Balaban J connectivity index is 1.86. The fourth-order valence-electron chi connectivity index (χ4n) is 2.28. The van der Waals surface area contributed by atoms with Gasteiger partial charge in [-0.15, -0.1) is 0 Å². The lowest BCUT2D eigenvalue weighted by Gasteiger charge is -2.18. The third kappa shape index (κ3) is 5.61. The van der Waals surface area contributed by atoms with E-state index in [2.05, 4.69) is 5.32 Å². The van der Waals surface area contributed by atoms with E-state index in [0.717, 1.165) is 5.56 Å². The molecule has 0 heterocycles. The van der Waals surface area contributed by atoms with Crippen LogP contribution in [0.2, 0.25) is 5.02 Å². The van der Waals surface area contributed by atoms with Gasteiger partial charge in [-0.3, -0.25) is 9.10 Å². The minimum absolute atomic E-state index is 0.0118. The van der Waals surface area contributed by atoms with Gasteiger partial charge in [-0.2, -0.15) is 0 Å². The van der Waals surface area contributed by atoms with Crippen molar-refractivity contribution in [1.82, 2.24) is 5.32 Å². The van der Waals surface area contributed by atoms with Crippen LogP contribution in [0.4, 0.5) is 5.69 Å². The molecule has 2 aromatic carbocycles. The largest absolute Gasteiger partial charge is 0.492 e. The zero-order valence-corrected chi connectivity index (χ0v) is 17.1. The molecule has 0 aliphatic heterocycles. The lowest BCUT2D eigenvalue weighted by molar-refractivity contribution is 0.0947. The van der Waals surface area contributed by atoms with Gasteiger partial charge in [-0.1, -0.05) is 17.7 Å². The summed E-state index contributed by atoms with van der Waals surface area (Å²) in [5.41, 5.74) is 1.92. The summed E-state index contributed by atoms with van der Waals surface area (Å²) in [5, 5.41) is 3.39. The lowest BCUT2D eigenvalue weighted by Crippen LogP contribution is -2.29. The third-order valence-electron chi connectivity index (χ3n) is 4.07. The Morgan fingerprint density at radius 2 is 1.85 bits per heavy atom. The van der Waals surface area contributed by atoms with Crippen LogP contribution in [0.15, 0.2) is 42.5 Å². The number of amides is 1. The van der Waals surface area contributed by atoms with Crippen molar-refractivity contribution in [3.8, 4) is 5.75 Å². The Hall–Kier alpha value is -2.25. The second-order valence-corrected chi connectivity index (χ2v) is 8.63. The number of nitrogens with one attached hydrogen (secondary N) is 1. The molecule has 1 N–H and O–H groups in total. The van der Waals surface area contributed by atoms with Crippen molar-refractivity contribution < 1.29 is 17.9 Å². The van der Waals surface area contributed by atoms with Crippen molar-refractivity contribution >= 4 is 33.2 Å². The maximum absolute atomic E-state index is 12.2. The van der Waals surface area contributed by atoms with Crippen LogP contribution in [-0.4, -0.2) is 40.3 Å². The molecule has 0 saturated carbocycles. The minimum Gasteiger partial charge on any atom is -0.492 e. The molecule has 27 heavy (non-hydrogen) atoms. The molecular weight excluding hydrogens is 388 g/mol. The molecule has 0 aliphatic rings. The molecule has 0 aromatic heterocycles. The topological polar surface area (TPSA) is 75.7 Å². The molecule has 0 saturated heterocycles. The number of rotatable bonds is 8. The molecule has 0 radical (unpaired) electrons. The second-order valence-electron chi connectivity index (χ2n) is 5.93. The highest BCUT2D eigenvalue weighted by molar-refractivity contribution is 7.92. The van der Waals surface area contributed by atoms with Gasteiger partial charge in [0.1, 0.15) is 12.4 Å². The number of carbonyl (C=O) groups excluding carboxylic acids is 1. The highest BCUT2D eigenvalue weighted by atomic mass is 35.5. The van der Waals surface area contributed by atoms with Crippen molar-refractivity contribution in [3.63, 3.8) is 0 Å². The molecule has 1 amide bonds. The maximum Gasteiger partial charge on any atom is 0.251 e. The van der Waals surface area contributed by atoms with Gasteiger partial charge in [0.25, 0.3) is 5.91 Å². The van der Waals surface area contributed by atoms with E-state index >= 15 is 0 Å². The van der Waals surface area contributed by atoms with Crippen LogP contribution in [0.25, 0.3) is 0 Å². The second kappa shape index (κ2) is 9.10. The van der Waals surface area contributed by atoms with Crippen LogP contribution in [0.1, 0.15) is 22.8 Å². The Bertz CT molecular complexity index is 898. The smallest absolute Gasteiger partial charge is 0.251 e. The molecule has 8 heteroatoms. The number of anilines is 1. The Morgan fingerprint density at radius 3 is 2.44 bits per heavy atom.